The Kier molecular flexibility index (Phi) is 6.81. The number of carboxylic acids is 1. The highest BCUT2D eigenvalue weighted by Gasteiger charge is 2.29. The zero-order chi connectivity index (χ0) is 11.9. The van der Waals surface area contributed by atoms with Crippen LogP contribution in [0.4, 0.5) is 0 Å². The SMILES string of the molecule is CCCCCCC(N)P(=O)(O)CC(=O)O. The number of aliphatic carboxylic acids is 1. The highest BCUT2D eigenvalue weighted by molar-refractivity contribution is 7.59. The van der Waals surface area contributed by atoms with Gasteiger partial charge in [-0.15, -0.1) is 0 Å². The van der Waals surface area contributed by atoms with Gasteiger partial charge >= 0.3 is 5.97 Å². The van der Waals surface area contributed by atoms with Gasteiger partial charge in [0.25, 0.3) is 0 Å². The van der Waals surface area contributed by atoms with Crippen LogP contribution in [0.15, 0.2) is 0 Å². The third kappa shape index (κ3) is 6.66. The second-order valence-corrected chi connectivity index (χ2v) is 6.21. The molecule has 0 aliphatic carbocycles. The minimum absolute atomic E-state index is 0.418. The smallest absolute Gasteiger partial charge is 0.313 e. The van der Waals surface area contributed by atoms with Gasteiger partial charge in [-0.25, -0.2) is 0 Å². The molecule has 90 valence electrons. The van der Waals surface area contributed by atoms with Gasteiger partial charge in [0.1, 0.15) is 6.16 Å². The van der Waals surface area contributed by atoms with Gasteiger partial charge < -0.3 is 15.7 Å². The van der Waals surface area contributed by atoms with Crippen molar-refractivity contribution < 1.29 is 19.4 Å². The Morgan fingerprint density at radius 1 is 1.40 bits per heavy atom. The molecule has 6 heteroatoms. The number of carbonyl (C=O) groups is 1. The van der Waals surface area contributed by atoms with Gasteiger partial charge in [0.2, 0.25) is 7.37 Å². The minimum atomic E-state index is -3.71. The van der Waals surface area contributed by atoms with E-state index in [1.54, 1.807) is 0 Å². The van der Waals surface area contributed by atoms with Gasteiger partial charge in [-0.05, 0) is 6.42 Å². The maximum absolute atomic E-state index is 11.4. The van der Waals surface area contributed by atoms with Gasteiger partial charge in [0.05, 0.1) is 5.78 Å². The fourth-order valence-corrected chi connectivity index (χ4v) is 2.50. The van der Waals surface area contributed by atoms with E-state index in [4.69, 9.17) is 10.8 Å². The van der Waals surface area contributed by atoms with E-state index >= 15 is 0 Å². The molecule has 2 unspecified atom stereocenters. The Morgan fingerprint density at radius 3 is 2.47 bits per heavy atom. The Balaban J connectivity index is 3.91. The topological polar surface area (TPSA) is 101 Å². The van der Waals surface area contributed by atoms with Crippen LogP contribution in [0.25, 0.3) is 0 Å². The number of nitrogens with two attached hydrogens (primary N) is 1. The number of carboxylic acid groups (broad SMARTS) is 1. The Labute approximate surface area is 90.1 Å². The van der Waals surface area contributed by atoms with Crippen molar-refractivity contribution in [2.75, 3.05) is 6.16 Å². The Morgan fingerprint density at radius 2 is 2.00 bits per heavy atom. The highest BCUT2D eigenvalue weighted by atomic mass is 31.2. The number of hydrogen-bond acceptors (Lipinski definition) is 3. The first-order chi connectivity index (χ1) is 6.90. The molecule has 4 N–H and O–H groups in total. The van der Waals surface area contributed by atoms with Crippen molar-refractivity contribution in [2.45, 2.75) is 44.8 Å². The highest BCUT2D eigenvalue weighted by Crippen LogP contribution is 2.45. The molecule has 0 aromatic heterocycles. The Bertz CT molecular complexity index is 244. The molecule has 0 heterocycles. The maximum atomic E-state index is 11.4. The van der Waals surface area contributed by atoms with Crippen molar-refractivity contribution in [3.8, 4) is 0 Å². The zero-order valence-electron chi connectivity index (χ0n) is 9.06. The van der Waals surface area contributed by atoms with Gasteiger partial charge in [0.15, 0.2) is 0 Å². The summed E-state index contributed by atoms with van der Waals surface area (Å²) in [5.41, 5.74) is 5.51. The third-order valence-electron chi connectivity index (χ3n) is 2.23. The molecule has 0 bridgehead atoms. The van der Waals surface area contributed by atoms with Gasteiger partial charge in [-0.2, -0.15) is 0 Å². The van der Waals surface area contributed by atoms with Crippen LogP contribution >= 0.6 is 7.37 Å². The summed E-state index contributed by atoms with van der Waals surface area (Å²) < 4.78 is 11.4. The lowest BCUT2D eigenvalue weighted by Gasteiger charge is -2.17. The maximum Gasteiger partial charge on any atom is 0.313 e. The first kappa shape index (κ1) is 14.6. The first-order valence-electron chi connectivity index (χ1n) is 5.19. The van der Waals surface area contributed by atoms with Crippen LogP contribution in [-0.2, 0) is 9.36 Å². The van der Waals surface area contributed by atoms with E-state index in [1.165, 1.54) is 0 Å². The summed E-state index contributed by atoms with van der Waals surface area (Å²) in [4.78, 5) is 19.7. The second-order valence-electron chi connectivity index (χ2n) is 3.72. The lowest BCUT2D eigenvalue weighted by molar-refractivity contribution is -0.134. The average Bonchev–Trinajstić information content (AvgIpc) is 2.10. The van der Waals surface area contributed by atoms with Crippen molar-refractivity contribution in [1.29, 1.82) is 0 Å². The molecule has 0 saturated heterocycles. The van der Waals surface area contributed by atoms with Crippen molar-refractivity contribution in [2.24, 2.45) is 5.73 Å². The summed E-state index contributed by atoms with van der Waals surface area (Å²) in [6, 6.07) is 0. The second kappa shape index (κ2) is 6.99. The minimum Gasteiger partial charge on any atom is -0.481 e. The van der Waals surface area contributed by atoms with Crippen molar-refractivity contribution in [3.63, 3.8) is 0 Å². The number of hydrogen-bond donors (Lipinski definition) is 3. The summed E-state index contributed by atoms with van der Waals surface area (Å²) in [5.74, 6) is -2.17. The lowest BCUT2D eigenvalue weighted by Crippen LogP contribution is -2.23. The first-order valence-corrected chi connectivity index (χ1v) is 7.10. The van der Waals surface area contributed by atoms with Crippen LogP contribution in [0.3, 0.4) is 0 Å². The van der Waals surface area contributed by atoms with E-state index in [-0.39, 0.29) is 0 Å². The molecule has 2 atom stereocenters. The molecule has 0 saturated carbocycles. The summed E-state index contributed by atoms with van der Waals surface area (Å²) in [6.07, 6.45) is 3.59. The Hall–Kier alpha value is -0.380. The van der Waals surface area contributed by atoms with E-state index in [0.29, 0.717) is 6.42 Å². The van der Waals surface area contributed by atoms with Crippen molar-refractivity contribution >= 4 is 13.3 Å². The summed E-state index contributed by atoms with van der Waals surface area (Å²) >= 11 is 0. The molecular formula is C9H20NO4P. The van der Waals surface area contributed by atoms with Crippen molar-refractivity contribution in [3.05, 3.63) is 0 Å². The van der Waals surface area contributed by atoms with Crippen LogP contribution in [-0.4, -0.2) is 27.9 Å². The predicted octanol–water partition coefficient (Wildman–Crippen LogP) is 1.60. The molecule has 0 radical (unpaired) electrons. The zero-order valence-corrected chi connectivity index (χ0v) is 9.95. The lowest BCUT2D eigenvalue weighted by atomic mass is 10.1. The summed E-state index contributed by atoms with van der Waals surface area (Å²) in [5, 5.41) is 8.42. The number of rotatable bonds is 8. The van der Waals surface area contributed by atoms with Crippen LogP contribution < -0.4 is 5.73 Å². The summed E-state index contributed by atoms with van der Waals surface area (Å²) in [7, 11) is -3.71. The van der Waals surface area contributed by atoms with Gasteiger partial charge in [-0.1, -0.05) is 32.6 Å². The molecular weight excluding hydrogens is 217 g/mol. The molecule has 0 fully saturated rings. The molecule has 0 amide bonds. The van der Waals surface area contributed by atoms with Crippen LogP contribution in [0, 0.1) is 0 Å². The van der Waals surface area contributed by atoms with Gasteiger partial charge in [-0.3, -0.25) is 9.36 Å². The van der Waals surface area contributed by atoms with E-state index in [0.717, 1.165) is 25.7 Å². The van der Waals surface area contributed by atoms with Crippen molar-refractivity contribution in [1.82, 2.24) is 0 Å². The predicted molar refractivity (Wildman–Crippen MR) is 59.1 cm³/mol. The van der Waals surface area contributed by atoms with Crippen LogP contribution in [0.5, 0.6) is 0 Å². The van der Waals surface area contributed by atoms with E-state index in [9.17, 15) is 14.3 Å². The quantitative estimate of drug-likeness (QED) is 0.439. The molecule has 0 aromatic carbocycles. The van der Waals surface area contributed by atoms with Crippen LogP contribution in [0.2, 0.25) is 0 Å². The largest absolute Gasteiger partial charge is 0.481 e. The van der Waals surface area contributed by atoms with E-state index in [2.05, 4.69) is 6.92 Å². The average molecular weight is 237 g/mol. The van der Waals surface area contributed by atoms with Gasteiger partial charge in [0, 0.05) is 0 Å². The molecule has 0 aromatic rings. The monoisotopic (exact) mass is 237 g/mol. The molecule has 0 spiro atoms. The molecule has 0 aliphatic heterocycles. The molecule has 15 heavy (non-hydrogen) atoms. The number of unbranched alkanes of at least 4 members (excludes halogenated alkanes) is 3. The van der Waals surface area contributed by atoms with E-state index < -0.39 is 25.3 Å². The molecule has 0 rings (SSSR count). The normalized spacial score (nSPS) is 17.0. The summed E-state index contributed by atoms with van der Waals surface area (Å²) in [6.45, 7) is 2.07. The standard InChI is InChI=1S/C9H20NO4P/c1-2-3-4-5-6-8(10)15(13,14)7-9(11)12/h8H,2-7,10H2,1H3,(H,11,12)(H,13,14). The van der Waals surface area contributed by atoms with Crippen LogP contribution in [0.1, 0.15) is 39.0 Å². The molecule has 5 nitrogen and oxygen atoms in total. The fourth-order valence-electron chi connectivity index (χ4n) is 1.29. The molecule has 0 aliphatic rings. The fraction of sp³-hybridized carbons (Fsp3) is 0.889. The van der Waals surface area contributed by atoms with E-state index in [1.807, 2.05) is 0 Å². The third-order valence-corrected chi connectivity index (χ3v) is 4.25.